The summed E-state index contributed by atoms with van der Waals surface area (Å²) in [6.07, 6.45) is 7.01. The van der Waals surface area contributed by atoms with Crippen molar-refractivity contribution in [3.8, 4) is 0 Å². The van der Waals surface area contributed by atoms with Crippen LogP contribution in [0.1, 0.15) is 59.3 Å². The molecule has 4 heteroatoms. The number of ether oxygens (including phenoxy) is 1. The normalized spacial score (nSPS) is 24.2. The summed E-state index contributed by atoms with van der Waals surface area (Å²) in [6.45, 7) is 8.01. The van der Waals surface area contributed by atoms with E-state index in [1.165, 1.54) is 25.7 Å². The van der Waals surface area contributed by atoms with Crippen molar-refractivity contribution >= 4 is 6.09 Å². The van der Waals surface area contributed by atoms with Crippen LogP contribution in [0.15, 0.2) is 0 Å². The van der Waals surface area contributed by atoms with Crippen LogP contribution in [0.5, 0.6) is 0 Å². The van der Waals surface area contributed by atoms with E-state index >= 15 is 0 Å². The Hall–Kier alpha value is -0.770. The van der Waals surface area contributed by atoms with Crippen molar-refractivity contribution in [3.63, 3.8) is 0 Å². The molecule has 1 saturated heterocycles. The van der Waals surface area contributed by atoms with Crippen LogP contribution in [0, 0.1) is 5.41 Å². The summed E-state index contributed by atoms with van der Waals surface area (Å²) in [5.41, 5.74) is 0.145. The molecule has 1 aliphatic heterocycles. The van der Waals surface area contributed by atoms with Crippen LogP contribution < -0.4 is 10.6 Å². The summed E-state index contributed by atoms with van der Waals surface area (Å²) in [5, 5.41) is 6.46. The summed E-state index contributed by atoms with van der Waals surface area (Å²) in [6, 6.07) is 0.301. The van der Waals surface area contributed by atoms with Gasteiger partial charge in [0.2, 0.25) is 0 Å². The van der Waals surface area contributed by atoms with Crippen molar-refractivity contribution in [2.75, 3.05) is 13.1 Å². The molecule has 0 radical (unpaired) electrons. The van der Waals surface area contributed by atoms with Gasteiger partial charge in [-0.1, -0.05) is 0 Å². The Morgan fingerprint density at radius 1 is 1.16 bits per heavy atom. The fraction of sp³-hybridized carbons (Fsp3) is 0.933. The molecule has 19 heavy (non-hydrogen) atoms. The first kappa shape index (κ1) is 14.6. The predicted octanol–water partition coefficient (Wildman–Crippen LogP) is 2.82. The summed E-state index contributed by atoms with van der Waals surface area (Å²) >= 11 is 0. The molecular weight excluding hydrogens is 240 g/mol. The van der Waals surface area contributed by atoms with E-state index in [1.807, 2.05) is 20.8 Å². The Balaban J connectivity index is 1.75. The van der Waals surface area contributed by atoms with E-state index in [-0.39, 0.29) is 6.09 Å². The summed E-state index contributed by atoms with van der Waals surface area (Å²) in [5.74, 6) is 0. The molecule has 0 aromatic rings. The molecule has 0 aromatic heterocycles. The highest BCUT2D eigenvalue weighted by atomic mass is 16.6. The van der Waals surface area contributed by atoms with Gasteiger partial charge in [0.15, 0.2) is 0 Å². The van der Waals surface area contributed by atoms with Gasteiger partial charge in [0, 0.05) is 6.04 Å². The molecule has 1 aliphatic carbocycles. The zero-order valence-electron chi connectivity index (χ0n) is 12.6. The number of rotatable bonds is 1. The molecule has 4 nitrogen and oxygen atoms in total. The Labute approximate surface area is 116 Å². The molecule has 1 saturated carbocycles. The summed E-state index contributed by atoms with van der Waals surface area (Å²) < 4.78 is 5.32. The quantitative estimate of drug-likeness (QED) is 0.769. The second kappa shape index (κ2) is 5.70. The number of nitrogens with one attached hydrogen (secondary N) is 2. The molecule has 2 aliphatic rings. The molecule has 0 unspecified atom stereocenters. The highest BCUT2D eigenvalue weighted by molar-refractivity contribution is 5.68. The van der Waals surface area contributed by atoms with Crippen molar-refractivity contribution in [2.45, 2.75) is 70.9 Å². The third kappa shape index (κ3) is 4.37. The van der Waals surface area contributed by atoms with Gasteiger partial charge in [-0.2, -0.15) is 0 Å². The zero-order valence-corrected chi connectivity index (χ0v) is 12.6. The van der Waals surface area contributed by atoms with Crippen molar-refractivity contribution in [3.05, 3.63) is 0 Å². The van der Waals surface area contributed by atoms with E-state index in [0.29, 0.717) is 11.5 Å². The third-order valence-corrected chi connectivity index (χ3v) is 4.43. The molecule has 0 aromatic carbocycles. The van der Waals surface area contributed by atoms with Crippen LogP contribution in [0.4, 0.5) is 4.79 Å². The van der Waals surface area contributed by atoms with E-state index in [4.69, 9.17) is 4.74 Å². The molecule has 110 valence electrons. The minimum absolute atomic E-state index is 0.265. The lowest BCUT2D eigenvalue weighted by Crippen LogP contribution is -2.45. The lowest BCUT2D eigenvalue weighted by Gasteiger charge is -2.43. The first-order valence-corrected chi connectivity index (χ1v) is 7.59. The molecule has 2 rings (SSSR count). The SMILES string of the molecule is CC(C)(C)OC(=O)NC1CCC2(CCNCC2)CC1. The number of alkyl carbamates (subject to hydrolysis) is 1. The molecule has 1 amide bonds. The van der Waals surface area contributed by atoms with Crippen molar-refractivity contribution < 1.29 is 9.53 Å². The average Bonchev–Trinajstić information content (AvgIpc) is 2.31. The van der Waals surface area contributed by atoms with Gasteiger partial charge in [-0.05, 0) is 77.8 Å². The summed E-state index contributed by atoms with van der Waals surface area (Å²) in [7, 11) is 0. The van der Waals surface area contributed by atoms with Gasteiger partial charge in [-0.25, -0.2) is 4.79 Å². The van der Waals surface area contributed by atoms with Crippen LogP contribution in [0.2, 0.25) is 0 Å². The fourth-order valence-corrected chi connectivity index (χ4v) is 3.31. The largest absolute Gasteiger partial charge is 0.444 e. The van der Waals surface area contributed by atoms with Crippen LogP contribution in [-0.2, 0) is 4.74 Å². The molecule has 0 bridgehead atoms. The van der Waals surface area contributed by atoms with Gasteiger partial charge < -0.3 is 15.4 Å². The van der Waals surface area contributed by atoms with Crippen LogP contribution >= 0.6 is 0 Å². The fourth-order valence-electron chi connectivity index (χ4n) is 3.31. The lowest BCUT2D eigenvalue weighted by atomic mass is 9.67. The topological polar surface area (TPSA) is 50.4 Å². The number of hydrogen-bond acceptors (Lipinski definition) is 3. The third-order valence-electron chi connectivity index (χ3n) is 4.43. The number of carbonyl (C=O) groups is 1. The number of piperidine rings is 1. The lowest BCUT2D eigenvalue weighted by molar-refractivity contribution is 0.0451. The number of amides is 1. The highest BCUT2D eigenvalue weighted by Gasteiger charge is 2.36. The van der Waals surface area contributed by atoms with Crippen molar-refractivity contribution in [1.29, 1.82) is 0 Å². The Morgan fingerprint density at radius 2 is 1.74 bits per heavy atom. The van der Waals surface area contributed by atoms with E-state index in [2.05, 4.69) is 10.6 Å². The molecule has 2 fully saturated rings. The predicted molar refractivity (Wildman–Crippen MR) is 76.2 cm³/mol. The first-order chi connectivity index (χ1) is 8.89. The minimum Gasteiger partial charge on any atom is -0.444 e. The second-order valence-corrected chi connectivity index (χ2v) is 7.17. The highest BCUT2D eigenvalue weighted by Crippen LogP contribution is 2.43. The Kier molecular flexibility index (Phi) is 4.39. The van der Waals surface area contributed by atoms with E-state index in [0.717, 1.165) is 25.9 Å². The van der Waals surface area contributed by atoms with E-state index in [9.17, 15) is 4.79 Å². The van der Waals surface area contributed by atoms with Gasteiger partial charge >= 0.3 is 6.09 Å². The van der Waals surface area contributed by atoms with Crippen molar-refractivity contribution in [2.24, 2.45) is 5.41 Å². The smallest absolute Gasteiger partial charge is 0.407 e. The number of carbonyl (C=O) groups excluding carboxylic acids is 1. The Bertz CT molecular complexity index is 307. The van der Waals surface area contributed by atoms with Crippen LogP contribution in [0.3, 0.4) is 0 Å². The Morgan fingerprint density at radius 3 is 2.26 bits per heavy atom. The van der Waals surface area contributed by atoms with Gasteiger partial charge in [0.05, 0.1) is 0 Å². The van der Waals surface area contributed by atoms with Crippen LogP contribution in [-0.4, -0.2) is 30.8 Å². The van der Waals surface area contributed by atoms with Gasteiger partial charge in [-0.15, -0.1) is 0 Å². The maximum Gasteiger partial charge on any atom is 0.407 e. The molecule has 1 heterocycles. The first-order valence-electron chi connectivity index (χ1n) is 7.59. The van der Waals surface area contributed by atoms with E-state index < -0.39 is 5.60 Å². The number of hydrogen-bond donors (Lipinski definition) is 2. The average molecular weight is 268 g/mol. The standard InChI is InChI=1S/C15H28N2O2/c1-14(2,3)19-13(18)17-12-4-6-15(7-5-12)8-10-16-11-9-15/h12,16H,4-11H2,1-3H3,(H,17,18). The zero-order chi connectivity index (χ0) is 13.9. The van der Waals surface area contributed by atoms with Crippen molar-refractivity contribution in [1.82, 2.24) is 10.6 Å². The monoisotopic (exact) mass is 268 g/mol. The van der Waals surface area contributed by atoms with Gasteiger partial charge in [0.1, 0.15) is 5.60 Å². The summed E-state index contributed by atoms with van der Waals surface area (Å²) in [4.78, 5) is 11.8. The maximum absolute atomic E-state index is 11.8. The molecule has 2 N–H and O–H groups in total. The minimum atomic E-state index is -0.408. The van der Waals surface area contributed by atoms with Gasteiger partial charge in [0.25, 0.3) is 0 Å². The van der Waals surface area contributed by atoms with Gasteiger partial charge in [-0.3, -0.25) is 0 Å². The molecule has 1 spiro atoms. The maximum atomic E-state index is 11.8. The van der Waals surface area contributed by atoms with E-state index in [1.54, 1.807) is 0 Å². The molecular formula is C15H28N2O2. The second-order valence-electron chi connectivity index (χ2n) is 7.17. The molecule has 0 atom stereocenters. The van der Waals surface area contributed by atoms with Crippen LogP contribution in [0.25, 0.3) is 0 Å².